The third-order valence-corrected chi connectivity index (χ3v) is 3.56. The highest BCUT2D eigenvalue weighted by molar-refractivity contribution is 9.10. The van der Waals surface area contributed by atoms with Gasteiger partial charge in [0.25, 0.3) is 0 Å². The second-order valence-electron chi connectivity index (χ2n) is 4.21. The summed E-state index contributed by atoms with van der Waals surface area (Å²) in [7, 11) is 0. The van der Waals surface area contributed by atoms with Gasteiger partial charge >= 0.3 is 0 Å². The van der Waals surface area contributed by atoms with E-state index in [1.807, 2.05) is 18.5 Å². The van der Waals surface area contributed by atoms with Crippen molar-refractivity contribution in [3.63, 3.8) is 0 Å². The lowest BCUT2D eigenvalue weighted by molar-refractivity contribution is -0.111. The quantitative estimate of drug-likeness (QED) is 0.842. The van der Waals surface area contributed by atoms with Gasteiger partial charge in [0.05, 0.1) is 21.5 Å². The van der Waals surface area contributed by atoms with Gasteiger partial charge in [-0.15, -0.1) is 0 Å². The van der Waals surface area contributed by atoms with E-state index < -0.39 is 5.60 Å². The number of carbonyl (C=O) groups is 1. The zero-order valence-corrected chi connectivity index (χ0v) is 11.4. The highest BCUT2D eigenvalue weighted by Gasteiger charge is 2.25. The SMILES string of the molecule is CCn1nc(C)c(Br)c1CC(C)(O)CC=O. The number of halogens is 1. The normalized spacial score (nSPS) is 14.8. The Morgan fingerprint density at radius 1 is 1.62 bits per heavy atom. The molecule has 0 aliphatic heterocycles. The molecule has 0 aromatic carbocycles. The first kappa shape index (κ1) is 13.4. The number of aryl methyl sites for hydroxylation is 2. The summed E-state index contributed by atoms with van der Waals surface area (Å²) in [6, 6.07) is 0. The molecule has 0 spiro atoms. The molecule has 0 fully saturated rings. The van der Waals surface area contributed by atoms with Crippen molar-refractivity contribution < 1.29 is 9.90 Å². The first-order valence-corrected chi connectivity index (χ1v) is 6.08. The van der Waals surface area contributed by atoms with Crippen molar-refractivity contribution in [3.8, 4) is 0 Å². The van der Waals surface area contributed by atoms with E-state index in [9.17, 15) is 9.90 Å². The fourth-order valence-electron chi connectivity index (χ4n) is 1.65. The van der Waals surface area contributed by atoms with Crippen LogP contribution >= 0.6 is 15.9 Å². The highest BCUT2D eigenvalue weighted by Crippen LogP contribution is 2.26. The lowest BCUT2D eigenvalue weighted by Gasteiger charge is -2.21. The molecular weight excluding hydrogens is 272 g/mol. The van der Waals surface area contributed by atoms with E-state index in [-0.39, 0.29) is 6.42 Å². The second-order valence-corrected chi connectivity index (χ2v) is 5.00. The fraction of sp³-hybridized carbons (Fsp3) is 0.636. The van der Waals surface area contributed by atoms with E-state index in [4.69, 9.17) is 0 Å². The standard InChI is InChI=1S/C11H17BrN2O2/c1-4-14-9(10(12)8(2)13-14)7-11(3,16)5-6-15/h6,16H,4-5,7H2,1-3H3. The van der Waals surface area contributed by atoms with Crippen molar-refractivity contribution in [3.05, 3.63) is 15.9 Å². The molecule has 1 aromatic heterocycles. The Labute approximate surface area is 104 Å². The predicted molar refractivity (Wildman–Crippen MR) is 65.3 cm³/mol. The molecule has 0 aliphatic rings. The molecule has 4 nitrogen and oxygen atoms in total. The molecule has 16 heavy (non-hydrogen) atoms. The first-order chi connectivity index (χ1) is 7.41. The van der Waals surface area contributed by atoms with Crippen LogP contribution in [0.2, 0.25) is 0 Å². The van der Waals surface area contributed by atoms with Crippen LogP contribution in [0.25, 0.3) is 0 Å². The van der Waals surface area contributed by atoms with Gasteiger partial charge < -0.3 is 9.90 Å². The minimum absolute atomic E-state index is 0.132. The van der Waals surface area contributed by atoms with Gasteiger partial charge in [-0.05, 0) is 36.7 Å². The van der Waals surface area contributed by atoms with E-state index in [2.05, 4.69) is 21.0 Å². The molecule has 5 heteroatoms. The Morgan fingerprint density at radius 2 is 2.25 bits per heavy atom. The zero-order valence-electron chi connectivity index (χ0n) is 9.83. The van der Waals surface area contributed by atoms with Crippen molar-refractivity contribution in [2.24, 2.45) is 0 Å². The number of nitrogens with zero attached hydrogens (tertiary/aromatic N) is 2. The maximum Gasteiger partial charge on any atom is 0.122 e. The molecule has 0 aliphatic carbocycles. The van der Waals surface area contributed by atoms with E-state index in [0.717, 1.165) is 28.7 Å². The molecule has 1 aromatic rings. The summed E-state index contributed by atoms with van der Waals surface area (Å²) in [5.74, 6) is 0. The molecule has 1 N–H and O–H groups in total. The van der Waals surface area contributed by atoms with Crippen molar-refractivity contribution in [1.82, 2.24) is 9.78 Å². The van der Waals surface area contributed by atoms with Crippen LogP contribution < -0.4 is 0 Å². The van der Waals surface area contributed by atoms with Crippen LogP contribution in [0.4, 0.5) is 0 Å². The molecule has 0 saturated heterocycles. The van der Waals surface area contributed by atoms with E-state index in [1.165, 1.54) is 0 Å². The van der Waals surface area contributed by atoms with E-state index in [0.29, 0.717) is 6.42 Å². The van der Waals surface area contributed by atoms with Gasteiger partial charge in [0, 0.05) is 19.4 Å². The van der Waals surface area contributed by atoms with Crippen LogP contribution in [-0.4, -0.2) is 26.8 Å². The summed E-state index contributed by atoms with van der Waals surface area (Å²) >= 11 is 3.46. The molecule has 1 heterocycles. The molecule has 0 bridgehead atoms. The number of hydrogen-bond acceptors (Lipinski definition) is 3. The maximum atomic E-state index is 10.5. The molecule has 0 radical (unpaired) electrons. The third kappa shape index (κ3) is 2.92. The van der Waals surface area contributed by atoms with Gasteiger partial charge in [-0.25, -0.2) is 0 Å². The summed E-state index contributed by atoms with van der Waals surface area (Å²) in [6.45, 7) is 6.32. The van der Waals surface area contributed by atoms with E-state index in [1.54, 1.807) is 6.92 Å². The molecule has 0 amide bonds. The Morgan fingerprint density at radius 3 is 2.75 bits per heavy atom. The number of aromatic nitrogens is 2. The van der Waals surface area contributed by atoms with Gasteiger partial charge in [-0.3, -0.25) is 4.68 Å². The molecular formula is C11H17BrN2O2. The van der Waals surface area contributed by atoms with Crippen molar-refractivity contribution in [2.75, 3.05) is 0 Å². The average molecular weight is 289 g/mol. The number of aldehydes is 1. The summed E-state index contributed by atoms with van der Waals surface area (Å²) in [4.78, 5) is 10.5. The Bertz CT molecular complexity index is 386. The van der Waals surface area contributed by atoms with Crippen LogP contribution in [0, 0.1) is 6.92 Å². The van der Waals surface area contributed by atoms with Gasteiger partial charge in [-0.1, -0.05) is 0 Å². The van der Waals surface area contributed by atoms with E-state index >= 15 is 0 Å². The lowest BCUT2D eigenvalue weighted by Crippen LogP contribution is -2.29. The average Bonchev–Trinajstić information content (AvgIpc) is 2.45. The summed E-state index contributed by atoms with van der Waals surface area (Å²) in [5, 5.41) is 14.4. The third-order valence-electron chi connectivity index (χ3n) is 2.52. The first-order valence-electron chi connectivity index (χ1n) is 5.29. The van der Waals surface area contributed by atoms with Crippen LogP contribution in [0.3, 0.4) is 0 Å². The largest absolute Gasteiger partial charge is 0.389 e. The number of hydrogen-bond donors (Lipinski definition) is 1. The minimum atomic E-state index is -1.01. The fourth-order valence-corrected chi connectivity index (χ4v) is 2.07. The maximum absolute atomic E-state index is 10.5. The number of aliphatic hydroxyl groups is 1. The van der Waals surface area contributed by atoms with Gasteiger partial charge in [0.2, 0.25) is 0 Å². The minimum Gasteiger partial charge on any atom is -0.389 e. The second kappa shape index (κ2) is 5.10. The van der Waals surface area contributed by atoms with Gasteiger partial charge in [-0.2, -0.15) is 5.10 Å². The van der Waals surface area contributed by atoms with Gasteiger partial charge in [0.15, 0.2) is 0 Å². The molecule has 0 saturated carbocycles. The topological polar surface area (TPSA) is 55.1 Å². The monoisotopic (exact) mass is 288 g/mol. The van der Waals surface area contributed by atoms with Crippen LogP contribution in [0.5, 0.6) is 0 Å². The number of carbonyl (C=O) groups excluding carboxylic acids is 1. The predicted octanol–water partition coefficient (Wildman–Crippen LogP) is 1.86. The molecule has 1 unspecified atom stereocenters. The Balaban J connectivity index is 2.99. The van der Waals surface area contributed by atoms with Crippen LogP contribution in [-0.2, 0) is 17.8 Å². The summed E-state index contributed by atoms with van der Waals surface area (Å²) in [5.41, 5.74) is 0.828. The molecule has 1 rings (SSSR count). The van der Waals surface area contributed by atoms with Crippen molar-refractivity contribution in [2.45, 2.75) is 45.8 Å². The molecule has 1 atom stereocenters. The highest BCUT2D eigenvalue weighted by atomic mass is 79.9. The van der Waals surface area contributed by atoms with Crippen LogP contribution in [0.1, 0.15) is 31.7 Å². The summed E-state index contributed by atoms with van der Waals surface area (Å²) < 4.78 is 2.76. The lowest BCUT2D eigenvalue weighted by atomic mass is 9.97. The molecule has 90 valence electrons. The van der Waals surface area contributed by atoms with Crippen molar-refractivity contribution >= 4 is 22.2 Å². The van der Waals surface area contributed by atoms with Crippen LogP contribution in [0.15, 0.2) is 4.47 Å². The smallest absolute Gasteiger partial charge is 0.122 e. The Kier molecular flexibility index (Phi) is 4.27. The Hall–Kier alpha value is -0.680. The number of rotatable bonds is 5. The zero-order chi connectivity index (χ0) is 12.3. The van der Waals surface area contributed by atoms with Crippen molar-refractivity contribution in [1.29, 1.82) is 0 Å². The van der Waals surface area contributed by atoms with Gasteiger partial charge in [0.1, 0.15) is 6.29 Å². The summed E-state index contributed by atoms with van der Waals surface area (Å²) in [6.07, 6.45) is 1.29.